The summed E-state index contributed by atoms with van der Waals surface area (Å²) in [5.74, 6) is -1.12. The lowest BCUT2D eigenvalue weighted by Gasteiger charge is -2.09. The number of thiophene rings is 1. The summed E-state index contributed by atoms with van der Waals surface area (Å²) < 4.78 is 5.49. The van der Waals surface area contributed by atoms with Gasteiger partial charge in [0, 0.05) is 24.1 Å². The molecule has 0 spiro atoms. The number of amides is 1. The minimum Gasteiger partial charge on any atom is -0.478 e. The number of hydrogen-bond donors (Lipinski definition) is 2. The van der Waals surface area contributed by atoms with Crippen LogP contribution in [0.1, 0.15) is 33.8 Å². The SMILES string of the molecule is O=C(O)C=Cc1ccc(C(=O)NCCC2CCCO2)s1. The number of hydrogen-bond acceptors (Lipinski definition) is 4. The first-order valence-corrected chi connectivity index (χ1v) is 7.37. The number of ether oxygens (including phenoxy) is 1. The highest BCUT2D eigenvalue weighted by molar-refractivity contribution is 7.14. The third-order valence-electron chi connectivity index (χ3n) is 3.02. The largest absolute Gasteiger partial charge is 0.478 e. The fraction of sp³-hybridized carbons (Fsp3) is 0.429. The molecule has 108 valence electrons. The molecule has 0 aromatic carbocycles. The van der Waals surface area contributed by atoms with Crippen molar-refractivity contribution < 1.29 is 19.4 Å². The lowest BCUT2D eigenvalue weighted by Crippen LogP contribution is -2.26. The van der Waals surface area contributed by atoms with E-state index in [0.29, 0.717) is 11.4 Å². The molecule has 2 N–H and O–H groups in total. The molecule has 2 heterocycles. The van der Waals surface area contributed by atoms with E-state index in [1.165, 1.54) is 17.4 Å². The lowest BCUT2D eigenvalue weighted by atomic mass is 10.2. The molecule has 1 aromatic heterocycles. The highest BCUT2D eigenvalue weighted by Gasteiger charge is 2.15. The van der Waals surface area contributed by atoms with Crippen molar-refractivity contribution in [1.29, 1.82) is 0 Å². The zero-order valence-electron chi connectivity index (χ0n) is 11.0. The fourth-order valence-electron chi connectivity index (χ4n) is 2.02. The lowest BCUT2D eigenvalue weighted by molar-refractivity contribution is -0.131. The number of carboxylic acid groups (broad SMARTS) is 1. The monoisotopic (exact) mass is 295 g/mol. The minimum absolute atomic E-state index is 0.122. The van der Waals surface area contributed by atoms with E-state index in [9.17, 15) is 9.59 Å². The van der Waals surface area contributed by atoms with Crippen molar-refractivity contribution in [1.82, 2.24) is 5.32 Å². The Hall–Kier alpha value is -1.66. The molecule has 1 amide bonds. The molecular weight excluding hydrogens is 278 g/mol. The van der Waals surface area contributed by atoms with E-state index >= 15 is 0 Å². The summed E-state index contributed by atoms with van der Waals surface area (Å²) >= 11 is 1.27. The second-order valence-corrected chi connectivity index (χ2v) is 5.67. The van der Waals surface area contributed by atoms with Gasteiger partial charge in [-0.15, -0.1) is 11.3 Å². The van der Waals surface area contributed by atoms with Gasteiger partial charge in [0.1, 0.15) is 0 Å². The summed E-state index contributed by atoms with van der Waals surface area (Å²) in [6, 6.07) is 3.44. The molecule has 20 heavy (non-hydrogen) atoms. The molecular formula is C14H17NO4S. The van der Waals surface area contributed by atoms with Gasteiger partial charge in [-0.3, -0.25) is 4.79 Å². The highest BCUT2D eigenvalue weighted by Crippen LogP contribution is 2.18. The van der Waals surface area contributed by atoms with E-state index in [1.807, 2.05) is 0 Å². The van der Waals surface area contributed by atoms with E-state index in [1.54, 1.807) is 12.1 Å². The minimum atomic E-state index is -0.999. The summed E-state index contributed by atoms with van der Waals surface area (Å²) in [7, 11) is 0. The van der Waals surface area contributed by atoms with Crippen LogP contribution in [-0.2, 0) is 9.53 Å². The molecule has 1 aromatic rings. The predicted molar refractivity (Wildman–Crippen MR) is 76.9 cm³/mol. The van der Waals surface area contributed by atoms with Crippen LogP contribution in [0, 0.1) is 0 Å². The van der Waals surface area contributed by atoms with Crippen LogP contribution in [0.3, 0.4) is 0 Å². The Morgan fingerprint density at radius 1 is 1.50 bits per heavy atom. The zero-order chi connectivity index (χ0) is 14.4. The number of carbonyl (C=O) groups excluding carboxylic acids is 1. The van der Waals surface area contributed by atoms with Crippen LogP contribution in [0.2, 0.25) is 0 Å². The van der Waals surface area contributed by atoms with Crippen molar-refractivity contribution in [2.24, 2.45) is 0 Å². The molecule has 0 bridgehead atoms. The predicted octanol–water partition coefficient (Wildman–Crippen LogP) is 2.14. The molecule has 1 saturated heterocycles. The van der Waals surface area contributed by atoms with E-state index in [-0.39, 0.29) is 12.0 Å². The summed E-state index contributed by atoms with van der Waals surface area (Å²) in [4.78, 5) is 23.6. The average molecular weight is 295 g/mol. The Balaban J connectivity index is 1.78. The Morgan fingerprint density at radius 3 is 3.05 bits per heavy atom. The Bertz CT molecular complexity index is 503. The topological polar surface area (TPSA) is 75.6 Å². The molecule has 5 nitrogen and oxygen atoms in total. The number of aliphatic carboxylic acids is 1. The standard InChI is InChI=1S/C14H17NO4S/c16-13(17)6-4-11-3-5-12(20-11)14(18)15-8-7-10-2-1-9-19-10/h3-6,10H,1-2,7-9H2,(H,15,18)(H,16,17). The van der Waals surface area contributed by atoms with E-state index in [2.05, 4.69) is 5.32 Å². The molecule has 1 unspecified atom stereocenters. The maximum Gasteiger partial charge on any atom is 0.328 e. The van der Waals surface area contributed by atoms with Gasteiger partial charge in [0.2, 0.25) is 0 Å². The van der Waals surface area contributed by atoms with Gasteiger partial charge in [-0.05, 0) is 37.5 Å². The molecule has 1 aliphatic heterocycles. The van der Waals surface area contributed by atoms with Crippen LogP contribution in [0.5, 0.6) is 0 Å². The molecule has 0 radical (unpaired) electrons. The summed E-state index contributed by atoms with van der Waals surface area (Å²) in [5.41, 5.74) is 0. The van der Waals surface area contributed by atoms with Crippen LogP contribution in [0.25, 0.3) is 6.08 Å². The second-order valence-electron chi connectivity index (χ2n) is 4.55. The number of rotatable bonds is 6. The highest BCUT2D eigenvalue weighted by atomic mass is 32.1. The van der Waals surface area contributed by atoms with Crippen molar-refractivity contribution in [2.75, 3.05) is 13.2 Å². The van der Waals surface area contributed by atoms with Crippen molar-refractivity contribution in [3.8, 4) is 0 Å². The Morgan fingerprint density at radius 2 is 2.35 bits per heavy atom. The third kappa shape index (κ3) is 4.47. The Labute approximate surface area is 121 Å². The van der Waals surface area contributed by atoms with Gasteiger partial charge in [-0.2, -0.15) is 0 Å². The van der Waals surface area contributed by atoms with E-state index < -0.39 is 5.97 Å². The van der Waals surface area contributed by atoms with Gasteiger partial charge in [0.05, 0.1) is 11.0 Å². The van der Waals surface area contributed by atoms with Gasteiger partial charge < -0.3 is 15.2 Å². The molecule has 0 aliphatic carbocycles. The molecule has 2 rings (SSSR count). The molecule has 0 saturated carbocycles. The van der Waals surface area contributed by atoms with Gasteiger partial charge in [0.15, 0.2) is 0 Å². The number of carboxylic acids is 1. The quantitative estimate of drug-likeness (QED) is 0.788. The van der Waals surface area contributed by atoms with Crippen LogP contribution >= 0.6 is 11.3 Å². The summed E-state index contributed by atoms with van der Waals surface area (Å²) in [5, 5.41) is 11.4. The van der Waals surface area contributed by atoms with Gasteiger partial charge in [0.25, 0.3) is 5.91 Å². The van der Waals surface area contributed by atoms with Crippen LogP contribution in [-0.4, -0.2) is 36.2 Å². The number of nitrogens with one attached hydrogen (secondary N) is 1. The van der Waals surface area contributed by atoms with Gasteiger partial charge in [-0.25, -0.2) is 4.79 Å². The first-order chi connectivity index (χ1) is 9.65. The summed E-state index contributed by atoms with van der Waals surface area (Å²) in [6.07, 6.45) is 5.82. The van der Waals surface area contributed by atoms with Crippen molar-refractivity contribution in [2.45, 2.75) is 25.4 Å². The zero-order valence-corrected chi connectivity index (χ0v) is 11.8. The number of carbonyl (C=O) groups is 2. The summed E-state index contributed by atoms with van der Waals surface area (Å²) in [6.45, 7) is 1.42. The van der Waals surface area contributed by atoms with Crippen LogP contribution in [0.4, 0.5) is 0 Å². The van der Waals surface area contributed by atoms with E-state index in [0.717, 1.165) is 36.8 Å². The smallest absolute Gasteiger partial charge is 0.328 e. The molecule has 1 atom stereocenters. The Kier molecular flexibility index (Phi) is 5.31. The van der Waals surface area contributed by atoms with Crippen molar-refractivity contribution in [3.63, 3.8) is 0 Å². The second kappa shape index (κ2) is 7.21. The van der Waals surface area contributed by atoms with Gasteiger partial charge >= 0.3 is 5.97 Å². The van der Waals surface area contributed by atoms with Gasteiger partial charge in [-0.1, -0.05) is 0 Å². The van der Waals surface area contributed by atoms with Crippen molar-refractivity contribution >= 4 is 29.3 Å². The molecule has 6 heteroatoms. The van der Waals surface area contributed by atoms with E-state index in [4.69, 9.17) is 9.84 Å². The molecule has 1 aliphatic rings. The fourth-order valence-corrected chi connectivity index (χ4v) is 2.85. The van der Waals surface area contributed by atoms with Crippen molar-refractivity contribution in [3.05, 3.63) is 28.0 Å². The average Bonchev–Trinajstić information content (AvgIpc) is 3.07. The van der Waals surface area contributed by atoms with Crippen LogP contribution in [0.15, 0.2) is 18.2 Å². The van der Waals surface area contributed by atoms with Crippen LogP contribution < -0.4 is 5.32 Å². The maximum absolute atomic E-state index is 11.9. The molecule has 1 fully saturated rings. The third-order valence-corrected chi connectivity index (χ3v) is 4.07. The first-order valence-electron chi connectivity index (χ1n) is 6.56. The maximum atomic E-state index is 11.9. The normalized spacial score (nSPS) is 18.5. The first kappa shape index (κ1) is 14.7.